The van der Waals surface area contributed by atoms with Gasteiger partial charge in [-0.25, -0.2) is 4.79 Å². The van der Waals surface area contributed by atoms with E-state index in [2.05, 4.69) is 16.0 Å². The lowest BCUT2D eigenvalue weighted by molar-refractivity contribution is -0.137. The fourth-order valence-electron chi connectivity index (χ4n) is 6.67. The summed E-state index contributed by atoms with van der Waals surface area (Å²) in [6.07, 6.45) is 1.41. The zero-order chi connectivity index (χ0) is 35.2. The maximum absolute atomic E-state index is 14.3. The second kappa shape index (κ2) is 15.3. The third-order valence-corrected chi connectivity index (χ3v) is 9.32. The van der Waals surface area contributed by atoms with Crippen LogP contribution in [0.4, 0.5) is 16.2 Å². The van der Waals surface area contributed by atoms with Gasteiger partial charge in [0.25, 0.3) is 5.91 Å². The number of anilines is 2. The molecule has 0 saturated carbocycles. The Balaban J connectivity index is 1.20. The molecule has 3 N–H and O–H groups in total. The number of carbonyl (C=O) groups excluding carboxylic acids is 4. The largest absolute Gasteiger partial charge is 0.491 e. The van der Waals surface area contributed by atoms with E-state index in [9.17, 15) is 19.2 Å². The van der Waals surface area contributed by atoms with Gasteiger partial charge in [-0.05, 0) is 72.0 Å². The Bertz CT molecular complexity index is 1880. The van der Waals surface area contributed by atoms with Gasteiger partial charge < -0.3 is 35.4 Å². The first-order valence-electron chi connectivity index (χ1n) is 17.0. The molecule has 0 radical (unpaired) electrons. The molecular weight excluding hydrogens is 632 g/mol. The van der Waals surface area contributed by atoms with Crippen molar-refractivity contribution < 1.29 is 23.9 Å². The van der Waals surface area contributed by atoms with E-state index in [1.165, 1.54) is 0 Å². The predicted octanol–water partition coefficient (Wildman–Crippen LogP) is 4.67. The Morgan fingerprint density at radius 2 is 1.70 bits per heavy atom. The molecule has 2 heterocycles. The topological polar surface area (TPSA) is 123 Å². The van der Waals surface area contributed by atoms with E-state index in [1.807, 2.05) is 85.7 Å². The number of rotatable bonds is 6. The fraction of sp³-hybridized carbons (Fsp3) is 0.333. The summed E-state index contributed by atoms with van der Waals surface area (Å²) in [5.41, 5.74) is 2.96. The quantitative estimate of drug-likeness (QED) is 0.273. The summed E-state index contributed by atoms with van der Waals surface area (Å²) in [4.78, 5) is 59.4. The van der Waals surface area contributed by atoms with Gasteiger partial charge in [-0.15, -0.1) is 0 Å². The average molecular weight is 677 g/mol. The van der Waals surface area contributed by atoms with E-state index in [0.717, 1.165) is 22.0 Å². The molecule has 1 saturated heterocycles. The summed E-state index contributed by atoms with van der Waals surface area (Å²) in [6.45, 7) is 0.812. The molecule has 4 aromatic rings. The maximum atomic E-state index is 14.3. The Hall–Kier alpha value is -5.58. The molecule has 2 bridgehead atoms. The molecule has 11 heteroatoms. The molecular formula is C39H44N6O5. The molecule has 5 amide bonds. The minimum Gasteiger partial charge on any atom is -0.491 e. The molecule has 3 unspecified atom stereocenters. The summed E-state index contributed by atoms with van der Waals surface area (Å²) >= 11 is 0. The van der Waals surface area contributed by atoms with Gasteiger partial charge in [0.15, 0.2) is 0 Å². The smallest absolute Gasteiger partial charge is 0.319 e. The van der Waals surface area contributed by atoms with E-state index in [-0.39, 0.29) is 55.4 Å². The zero-order valence-electron chi connectivity index (χ0n) is 28.7. The van der Waals surface area contributed by atoms with Crippen molar-refractivity contribution in [1.82, 2.24) is 20.4 Å². The number of benzene rings is 4. The minimum absolute atomic E-state index is 0.119. The van der Waals surface area contributed by atoms with Crippen molar-refractivity contribution in [1.29, 1.82) is 0 Å². The van der Waals surface area contributed by atoms with Crippen LogP contribution in [0.25, 0.3) is 10.8 Å². The van der Waals surface area contributed by atoms with E-state index in [1.54, 1.807) is 41.1 Å². The van der Waals surface area contributed by atoms with Gasteiger partial charge in [-0.2, -0.15) is 0 Å². The van der Waals surface area contributed by atoms with E-state index in [0.29, 0.717) is 42.8 Å². The molecule has 0 spiro atoms. The van der Waals surface area contributed by atoms with Crippen LogP contribution < -0.4 is 25.6 Å². The number of fused-ring (bicyclic) bond motifs is 4. The SMILES string of the molecule is CN1CCCC(NC(=O)Cc2ccc3ccccc3c2)C(=O)N2CC(NC(=O)Nc3cccc(N(C)C)c3)CC2COc2cccc(c2)C1=O. The zero-order valence-corrected chi connectivity index (χ0v) is 28.7. The van der Waals surface area contributed by atoms with Crippen LogP contribution in [-0.4, -0.2) is 92.5 Å². The summed E-state index contributed by atoms with van der Waals surface area (Å²) in [7, 11) is 5.59. The van der Waals surface area contributed by atoms with Gasteiger partial charge in [0.1, 0.15) is 18.4 Å². The van der Waals surface area contributed by atoms with Crippen molar-refractivity contribution in [2.24, 2.45) is 0 Å². The normalized spacial score (nSPS) is 19.6. The van der Waals surface area contributed by atoms with Crippen LogP contribution in [0.5, 0.6) is 5.75 Å². The second-order valence-electron chi connectivity index (χ2n) is 13.3. The number of urea groups is 1. The lowest BCUT2D eigenvalue weighted by atomic mass is 10.0. The van der Waals surface area contributed by atoms with Crippen molar-refractivity contribution in [3.63, 3.8) is 0 Å². The number of amides is 5. The number of carbonyl (C=O) groups is 4. The van der Waals surface area contributed by atoms with Gasteiger partial charge in [-0.3, -0.25) is 14.4 Å². The highest BCUT2D eigenvalue weighted by Crippen LogP contribution is 2.25. The van der Waals surface area contributed by atoms with Crippen molar-refractivity contribution >= 4 is 45.9 Å². The molecule has 50 heavy (non-hydrogen) atoms. The van der Waals surface area contributed by atoms with Gasteiger partial charge in [-0.1, -0.05) is 54.6 Å². The van der Waals surface area contributed by atoms with E-state index in [4.69, 9.17) is 4.74 Å². The summed E-state index contributed by atoms with van der Waals surface area (Å²) < 4.78 is 6.17. The summed E-state index contributed by atoms with van der Waals surface area (Å²) in [5, 5.41) is 11.1. The highest BCUT2D eigenvalue weighted by molar-refractivity contribution is 5.94. The lowest BCUT2D eigenvalue weighted by Gasteiger charge is -2.30. The Morgan fingerprint density at radius 1 is 0.900 bits per heavy atom. The van der Waals surface area contributed by atoms with E-state index >= 15 is 0 Å². The second-order valence-corrected chi connectivity index (χ2v) is 13.3. The highest BCUT2D eigenvalue weighted by atomic mass is 16.5. The standard InChI is InChI=1S/C39H44N6O5/c1-43(2)32-13-7-12-30(22-32)40-39(49)41-31-23-33-25-50-34-14-6-11-29(21-34)37(47)44(3)18-8-15-35(38(48)45(33)24-31)42-36(46)20-26-16-17-27-9-4-5-10-28(27)19-26/h4-7,9-14,16-17,19,21-22,31,33,35H,8,15,18,20,23-25H2,1-3H3,(H,42,46)(H2,40,41,49). The molecule has 2 aliphatic rings. The molecule has 0 aliphatic carbocycles. The number of nitrogens with zero attached hydrogens (tertiary/aromatic N) is 3. The number of hydrogen-bond donors (Lipinski definition) is 3. The fourth-order valence-corrected chi connectivity index (χ4v) is 6.67. The molecule has 11 nitrogen and oxygen atoms in total. The Morgan fingerprint density at radius 3 is 2.52 bits per heavy atom. The van der Waals surface area contributed by atoms with Crippen LogP contribution in [0.2, 0.25) is 0 Å². The monoisotopic (exact) mass is 676 g/mol. The van der Waals surface area contributed by atoms with Gasteiger partial charge in [0.2, 0.25) is 11.8 Å². The third-order valence-electron chi connectivity index (χ3n) is 9.32. The maximum Gasteiger partial charge on any atom is 0.319 e. The third kappa shape index (κ3) is 8.34. The predicted molar refractivity (Wildman–Crippen MR) is 195 cm³/mol. The van der Waals surface area contributed by atoms with Gasteiger partial charge in [0.05, 0.1) is 18.5 Å². The van der Waals surface area contributed by atoms with Crippen molar-refractivity contribution in [3.05, 3.63) is 102 Å². The highest BCUT2D eigenvalue weighted by Gasteiger charge is 2.39. The Labute approximate surface area is 292 Å². The number of hydrogen-bond acceptors (Lipinski definition) is 6. The van der Waals surface area contributed by atoms with Crippen LogP contribution in [-0.2, 0) is 16.0 Å². The van der Waals surface area contributed by atoms with Crippen LogP contribution in [0.15, 0.2) is 91.0 Å². The molecule has 0 aromatic heterocycles. The molecule has 6 rings (SSSR count). The van der Waals surface area contributed by atoms with Crippen LogP contribution in [0.3, 0.4) is 0 Å². The minimum atomic E-state index is -0.823. The first kappa shape index (κ1) is 34.3. The first-order chi connectivity index (χ1) is 24.1. The average Bonchev–Trinajstić information content (AvgIpc) is 3.51. The molecule has 3 atom stereocenters. The Kier molecular flexibility index (Phi) is 10.5. The van der Waals surface area contributed by atoms with Crippen molar-refractivity contribution in [2.75, 3.05) is 51.1 Å². The molecule has 260 valence electrons. The first-order valence-corrected chi connectivity index (χ1v) is 17.0. The lowest BCUT2D eigenvalue weighted by Crippen LogP contribution is -2.52. The molecule has 1 fully saturated rings. The summed E-state index contributed by atoms with van der Waals surface area (Å²) in [5.74, 6) is -0.137. The molecule has 4 aromatic carbocycles. The molecule has 2 aliphatic heterocycles. The van der Waals surface area contributed by atoms with Crippen LogP contribution in [0, 0.1) is 0 Å². The van der Waals surface area contributed by atoms with Gasteiger partial charge >= 0.3 is 6.03 Å². The summed E-state index contributed by atoms with van der Waals surface area (Å²) in [6, 6.07) is 26.5. The van der Waals surface area contributed by atoms with Crippen molar-refractivity contribution in [2.45, 2.75) is 43.8 Å². The van der Waals surface area contributed by atoms with Gasteiger partial charge in [0, 0.05) is 51.2 Å². The number of nitrogens with one attached hydrogen (secondary N) is 3. The number of ether oxygens (including phenoxy) is 1. The van der Waals surface area contributed by atoms with Crippen LogP contribution >= 0.6 is 0 Å². The van der Waals surface area contributed by atoms with Crippen LogP contribution in [0.1, 0.15) is 35.2 Å². The van der Waals surface area contributed by atoms with E-state index < -0.39 is 6.04 Å². The van der Waals surface area contributed by atoms with Crippen molar-refractivity contribution in [3.8, 4) is 5.75 Å².